The summed E-state index contributed by atoms with van der Waals surface area (Å²) in [5, 5.41) is 3.19. The smallest absolute Gasteiger partial charge is 0.372 e. The standard InChI is InChI=1S/C10H20F3NOS/c1-9(2,16-3)7-14-5-4-6-15-8-10(11,12)13/h14H,4-8H2,1-3H3. The maximum absolute atomic E-state index is 11.7. The molecule has 0 unspecified atom stereocenters. The molecule has 0 aliphatic rings. The largest absolute Gasteiger partial charge is 0.411 e. The predicted octanol–water partition coefficient (Wildman–Crippen LogP) is 2.69. The zero-order valence-electron chi connectivity index (χ0n) is 9.99. The number of rotatable bonds is 8. The second-order valence-corrected chi connectivity index (χ2v) is 5.68. The summed E-state index contributed by atoms with van der Waals surface area (Å²) in [5.41, 5.74) is 0. The second-order valence-electron chi connectivity index (χ2n) is 4.16. The van der Waals surface area contributed by atoms with E-state index < -0.39 is 12.8 Å². The minimum absolute atomic E-state index is 0.145. The average molecular weight is 259 g/mol. The second kappa shape index (κ2) is 7.40. The zero-order valence-corrected chi connectivity index (χ0v) is 10.8. The summed E-state index contributed by atoms with van der Waals surface area (Å²) in [7, 11) is 0. The van der Waals surface area contributed by atoms with Crippen LogP contribution in [0.4, 0.5) is 13.2 Å². The highest BCUT2D eigenvalue weighted by atomic mass is 32.2. The highest BCUT2D eigenvalue weighted by molar-refractivity contribution is 7.99. The van der Waals surface area contributed by atoms with Gasteiger partial charge >= 0.3 is 6.18 Å². The number of thioether (sulfide) groups is 1. The van der Waals surface area contributed by atoms with Crippen LogP contribution in [0.1, 0.15) is 20.3 Å². The Kier molecular flexibility index (Phi) is 7.43. The quantitative estimate of drug-likeness (QED) is 0.677. The Bertz CT molecular complexity index is 185. The SMILES string of the molecule is CSC(C)(C)CNCCCOCC(F)(F)F. The minimum atomic E-state index is -4.21. The van der Waals surface area contributed by atoms with E-state index in [9.17, 15) is 13.2 Å². The Hall–Kier alpha value is 0.0600. The fourth-order valence-electron chi connectivity index (χ4n) is 0.949. The number of nitrogens with one attached hydrogen (secondary N) is 1. The molecule has 0 atom stereocenters. The summed E-state index contributed by atoms with van der Waals surface area (Å²) in [6.07, 6.45) is -1.58. The van der Waals surface area contributed by atoms with Crippen LogP contribution in [0.5, 0.6) is 0 Å². The number of hydrogen-bond donors (Lipinski definition) is 1. The molecule has 0 fully saturated rings. The summed E-state index contributed by atoms with van der Waals surface area (Å²) in [4.78, 5) is 0. The highest BCUT2D eigenvalue weighted by Gasteiger charge is 2.27. The molecular weight excluding hydrogens is 239 g/mol. The third-order valence-corrected chi connectivity index (χ3v) is 3.26. The predicted molar refractivity (Wildman–Crippen MR) is 62.0 cm³/mol. The van der Waals surface area contributed by atoms with Crippen molar-refractivity contribution in [2.24, 2.45) is 0 Å². The lowest BCUT2D eigenvalue weighted by molar-refractivity contribution is -0.173. The Morgan fingerprint density at radius 2 is 1.88 bits per heavy atom. The molecule has 0 heterocycles. The molecule has 0 amide bonds. The summed E-state index contributed by atoms with van der Waals surface area (Å²) in [5.74, 6) is 0. The Labute approximate surface area is 99.3 Å². The molecule has 2 nitrogen and oxygen atoms in total. The third kappa shape index (κ3) is 10.6. The van der Waals surface area contributed by atoms with Gasteiger partial charge in [0.1, 0.15) is 6.61 Å². The van der Waals surface area contributed by atoms with Gasteiger partial charge in [0.25, 0.3) is 0 Å². The Morgan fingerprint density at radius 1 is 1.25 bits per heavy atom. The van der Waals surface area contributed by atoms with Gasteiger partial charge in [-0.1, -0.05) is 0 Å². The molecule has 0 aromatic heterocycles. The molecule has 0 aromatic rings. The van der Waals surface area contributed by atoms with Gasteiger partial charge < -0.3 is 10.1 Å². The van der Waals surface area contributed by atoms with Crippen LogP contribution >= 0.6 is 11.8 Å². The van der Waals surface area contributed by atoms with Crippen LogP contribution in [0.3, 0.4) is 0 Å². The lowest BCUT2D eigenvalue weighted by atomic mass is 10.2. The van der Waals surface area contributed by atoms with E-state index in [1.165, 1.54) is 0 Å². The van der Waals surface area contributed by atoms with E-state index in [4.69, 9.17) is 0 Å². The number of ether oxygens (including phenoxy) is 1. The highest BCUT2D eigenvalue weighted by Crippen LogP contribution is 2.19. The fourth-order valence-corrected chi connectivity index (χ4v) is 1.20. The maximum atomic E-state index is 11.7. The average Bonchev–Trinajstić information content (AvgIpc) is 2.14. The lowest BCUT2D eigenvalue weighted by Gasteiger charge is -2.22. The van der Waals surface area contributed by atoms with Crippen molar-refractivity contribution < 1.29 is 17.9 Å². The first-order valence-electron chi connectivity index (χ1n) is 5.17. The van der Waals surface area contributed by atoms with Gasteiger partial charge in [0, 0.05) is 17.9 Å². The van der Waals surface area contributed by atoms with Crippen molar-refractivity contribution in [2.75, 3.05) is 32.6 Å². The van der Waals surface area contributed by atoms with Crippen molar-refractivity contribution >= 4 is 11.8 Å². The third-order valence-electron chi connectivity index (χ3n) is 2.01. The number of alkyl halides is 3. The van der Waals surface area contributed by atoms with Crippen LogP contribution in [-0.4, -0.2) is 43.5 Å². The van der Waals surface area contributed by atoms with Crippen LogP contribution in [0, 0.1) is 0 Å². The van der Waals surface area contributed by atoms with Crippen molar-refractivity contribution in [3.63, 3.8) is 0 Å². The van der Waals surface area contributed by atoms with Gasteiger partial charge in [0.15, 0.2) is 0 Å². The molecule has 16 heavy (non-hydrogen) atoms. The maximum Gasteiger partial charge on any atom is 0.411 e. The van der Waals surface area contributed by atoms with Gasteiger partial charge in [-0.15, -0.1) is 0 Å². The number of halogens is 3. The van der Waals surface area contributed by atoms with Crippen molar-refractivity contribution in [1.82, 2.24) is 5.32 Å². The molecule has 98 valence electrons. The zero-order chi connectivity index (χ0) is 12.7. The van der Waals surface area contributed by atoms with Gasteiger partial charge in [-0.2, -0.15) is 24.9 Å². The summed E-state index contributed by atoms with van der Waals surface area (Å²) in [6, 6.07) is 0. The van der Waals surface area contributed by atoms with E-state index in [0.29, 0.717) is 13.0 Å². The van der Waals surface area contributed by atoms with Crippen LogP contribution in [0.15, 0.2) is 0 Å². The first-order chi connectivity index (χ1) is 7.27. The monoisotopic (exact) mass is 259 g/mol. The lowest BCUT2D eigenvalue weighted by Crippen LogP contribution is -2.33. The summed E-state index contributed by atoms with van der Waals surface area (Å²) < 4.78 is 39.7. The van der Waals surface area contributed by atoms with Gasteiger partial charge in [-0.05, 0) is 33.1 Å². The van der Waals surface area contributed by atoms with Crippen LogP contribution in [0.25, 0.3) is 0 Å². The van der Waals surface area contributed by atoms with Gasteiger partial charge in [0.05, 0.1) is 0 Å². The minimum Gasteiger partial charge on any atom is -0.372 e. The first kappa shape index (κ1) is 16.1. The van der Waals surface area contributed by atoms with E-state index in [0.717, 1.165) is 6.54 Å². The molecule has 1 N–H and O–H groups in total. The molecule has 0 aliphatic heterocycles. The van der Waals surface area contributed by atoms with E-state index in [2.05, 4.69) is 23.9 Å². The first-order valence-corrected chi connectivity index (χ1v) is 6.40. The van der Waals surface area contributed by atoms with Crippen molar-refractivity contribution in [3.8, 4) is 0 Å². The molecular formula is C10H20F3NOS. The Balaban J connectivity index is 3.29. The molecule has 0 saturated heterocycles. The summed E-state index contributed by atoms with van der Waals surface area (Å²) in [6.45, 7) is 4.75. The van der Waals surface area contributed by atoms with E-state index in [1.807, 2.05) is 6.26 Å². The Morgan fingerprint density at radius 3 is 2.38 bits per heavy atom. The van der Waals surface area contributed by atoms with E-state index in [1.54, 1.807) is 11.8 Å². The van der Waals surface area contributed by atoms with E-state index in [-0.39, 0.29) is 11.4 Å². The number of hydrogen-bond acceptors (Lipinski definition) is 3. The van der Waals surface area contributed by atoms with Gasteiger partial charge in [0.2, 0.25) is 0 Å². The molecule has 0 aromatic carbocycles. The molecule has 0 saturated carbocycles. The molecule has 0 rings (SSSR count). The molecule has 0 spiro atoms. The van der Waals surface area contributed by atoms with Crippen molar-refractivity contribution in [3.05, 3.63) is 0 Å². The van der Waals surface area contributed by atoms with Crippen LogP contribution < -0.4 is 5.32 Å². The molecule has 0 bridgehead atoms. The topological polar surface area (TPSA) is 21.3 Å². The van der Waals surface area contributed by atoms with Crippen LogP contribution in [-0.2, 0) is 4.74 Å². The summed E-state index contributed by atoms with van der Waals surface area (Å²) >= 11 is 1.76. The normalized spacial score (nSPS) is 13.1. The van der Waals surface area contributed by atoms with Gasteiger partial charge in [-0.25, -0.2) is 0 Å². The van der Waals surface area contributed by atoms with Gasteiger partial charge in [-0.3, -0.25) is 0 Å². The van der Waals surface area contributed by atoms with E-state index >= 15 is 0 Å². The van der Waals surface area contributed by atoms with Crippen LogP contribution in [0.2, 0.25) is 0 Å². The molecule has 6 heteroatoms. The fraction of sp³-hybridized carbons (Fsp3) is 1.00. The molecule has 0 aliphatic carbocycles. The molecule has 0 radical (unpaired) electrons. The van der Waals surface area contributed by atoms with Crippen molar-refractivity contribution in [2.45, 2.75) is 31.2 Å². The van der Waals surface area contributed by atoms with Crippen molar-refractivity contribution in [1.29, 1.82) is 0 Å².